The van der Waals surface area contributed by atoms with Gasteiger partial charge in [0.1, 0.15) is 65.5 Å². The molecule has 0 aliphatic carbocycles. The summed E-state index contributed by atoms with van der Waals surface area (Å²) in [5.41, 5.74) is -1.07. The van der Waals surface area contributed by atoms with Crippen molar-refractivity contribution in [2.45, 2.75) is 345 Å². The Morgan fingerprint density at radius 2 is 0.694 bits per heavy atom. The van der Waals surface area contributed by atoms with Crippen molar-refractivity contribution in [2.24, 2.45) is 23.2 Å². The number of hydrogen-bond acceptors (Lipinski definition) is 27. The van der Waals surface area contributed by atoms with Crippen LogP contribution in [0.2, 0.25) is 0 Å². The number of carbonyl (C=O) groups excluding carboxylic acids is 8. The fraction of sp³-hybridized carbons (Fsp3) is 0.901. The number of aliphatic hydroxyl groups excluding tert-OH is 10. The molecule has 4 saturated heterocycles. The van der Waals surface area contributed by atoms with E-state index in [1.165, 1.54) is 0 Å². The molecule has 30 nitrogen and oxygen atoms in total. The van der Waals surface area contributed by atoms with Crippen LogP contribution in [-0.2, 0) is 81.0 Å². The number of Topliss-reactive ketones (excluding diaryl/α,β-unsaturated/α-hetero) is 5. The summed E-state index contributed by atoms with van der Waals surface area (Å²) < 4.78 is 52.8. The van der Waals surface area contributed by atoms with Gasteiger partial charge >= 0.3 is 0 Å². The van der Waals surface area contributed by atoms with E-state index in [2.05, 4.69) is 10.6 Å². The summed E-state index contributed by atoms with van der Waals surface area (Å²) in [6.45, 7) is 7.49. The predicted molar refractivity (Wildman–Crippen MR) is 408 cm³/mol. The van der Waals surface area contributed by atoms with Gasteiger partial charge in [-0.05, 0) is 96.3 Å². The maximum Gasteiger partial charge on any atom is 0.222 e. The van der Waals surface area contributed by atoms with E-state index in [4.69, 9.17) is 42.6 Å². The number of β-amino-alcohol motifs (C(OH)–C–C–N with tert-alkyl or cyclic N) is 1. The normalized spacial score (nSPS) is 26.7. The maximum absolute atomic E-state index is 14.1. The Hall–Kier alpha value is -4.00. The van der Waals surface area contributed by atoms with E-state index in [9.17, 15) is 89.4 Å². The summed E-state index contributed by atoms with van der Waals surface area (Å²) in [6, 6.07) is 0.105. The number of likely N-dealkylation sites (tertiary alicyclic amines) is 1. The average molecular weight is 1590 g/mol. The maximum atomic E-state index is 14.1. The fourth-order valence-corrected chi connectivity index (χ4v) is 14.5. The van der Waals surface area contributed by atoms with Gasteiger partial charge in [0.2, 0.25) is 17.7 Å². The van der Waals surface area contributed by atoms with Gasteiger partial charge in [-0.15, -0.1) is 0 Å². The second-order valence-electron chi connectivity index (χ2n) is 31.5. The molecule has 111 heavy (non-hydrogen) atoms. The average Bonchev–Trinajstić information content (AvgIpc) is 1.55. The zero-order valence-corrected chi connectivity index (χ0v) is 67.2. The van der Waals surface area contributed by atoms with E-state index < -0.39 is 123 Å². The summed E-state index contributed by atoms with van der Waals surface area (Å²) in [4.78, 5) is 106. The molecule has 0 aromatic carbocycles. The molecule has 4 aliphatic heterocycles. The van der Waals surface area contributed by atoms with Crippen LogP contribution >= 0.6 is 0 Å². The molecule has 0 aromatic heterocycles. The predicted octanol–water partition coefficient (Wildman–Crippen LogP) is 5.01. The molecule has 0 bridgehead atoms. The zero-order valence-electron chi connectivity index (χ0n) is 67.2. The lowest BCUT2D eigenvalue weighted by atomic mass is 9.83. The van der Waals surface area contributed by atoms with Gasteiger partial charge in [0.15, 0.2) is 18.9 Å². The van der Waals surface area contributed by atoms with Crippen LogP contribution in [0.25, 0.3) is 0 Å². The first-order valence-electron chi connectivity index (χ1n) is 41.9. The summed E-state index contributed by atoms with van der Waals surface area (Å²) in [5, 5.41) is 106. The molecule has 17 atom stereocenters. The van der Waals surface area contributed by atoms with Crippen LogP contribution in [0.4, 0.5) is 0 Å². The van der Waals surface area contributed by atoms with Gasteiger partial charge in [0, 0.05) is 152 Å². The monoisotopic (exact) mass is 1590 g/mol. The van der Waals surface area contributed by atoms with Crippen molar-refractivity contribution in [3.8, 4) is 0 Å². The van der Waals surface area contributed by atoms with Crippen molar-refractivity contribution in [3.63, 3.8) is 0 Å². The lowest BCUT2D eigenvalue weighted by molar-refractivity contribution is -0.282. The zero-order chi connectivity index (χ0) is 81.4. The first-order valence-corrected chi connectivity index (χ1v) is 41.9. The SMILES string of the molecule is CC[C@@H]1C[C@@H](O)CN1C(=O)CCCCCCCCCCC(=O)CC(COCCC(=O)CCCCCC(=O)CCCCOC1OC(CO)C(O)C(O)C1C)(COCCC(=O)CCCCCC(=O)CCCCOC1OC(CO)C(O)C(O)C1C)COCCC(=O)NCCCNC(=O)CCCCOC1OC(CO)C(O)C(O)C1C. The van der Waals surface area contributed by atoms with Crippen molar-refractivity contribution in [1.82, 2.24) is 15.5 Å². The quantitative estimate of drug-likeness (QED) is 0.0356. The van der Waals surface area contributed by atoms with Crippen LogP contribution in [-0.4, -0.2) is 287 Å². The number of ketones is 5. The van der Waals surface area contributed by atoms with Gasteiger partial charge < -0.3 is 109 Å². The second kappa shape index (κ2) is 58.0. The van der Waals surface area contributed by atoms with E-state index in [1.807, 2.05) is 11.8 Å². The smallest absolute Gasteiger partial charge is 0.222 e. The molecule has 4 heterocycles. The van der Waals surface area contributed by atoms with E-state index in [0.29, 0.717) is 142 Å². The molecule has 644 valence electrons. The van der Waals surface area contributed by atoms with Crippen LogP contribution in [0.1, 0.15) is 259 Å². The molecule has 15 unspecified atom stereocenters. The van der Waals surface area contributed by atoms with E-state index in [1.54, 1.807) is 20.8 Å². The topological polar surface area (TPSA) is 449 Å². The largest absolute Gasteiger partial charge is 0.394 e. The molecule has 4 fully saturated rings. The molecule has 12 N–H and O–H groups in total. The highest BCUT2D eigenvalue weighted by atomic mass is 16.7. The summed E-state index contributed by atoms with van der Waals surface area (Å²) in [7, 11) is 0. The first kappa shape index (κ1) is 99.4. The van der Waals surface area contributed by atoms with Crippen LogP contribution < -0.4 is 10.6 Å². The number of carbonyl (C=O) groups is 8. The number of aliphatic hydroxyl groups is 10. The minimum absolute atomic E-state index is 0.000430. The van der Waals surface area contributed by atoms with Crippen LogP contribution in [0.5, 0.6) is 0 Å². The molecule has 0 radical (unpaired) electrons. The van der Waals surface area contributed by atoms with Crippen LogP contribution in [0.3, 0.4) is 0 Å². The Morgan fingerprint density at radius 3 is 1.07 bits per heavy atom. The van der Waals surface area contributed by atoms with Crippen molar-refractivity contribution < 1.29 is 132 Å². The lowest BCUT2D eigenvalue weighted by Gasteiger charge is -2.40. The van der Waals surface area contributed by atoms with Gasteiger partial charge in [-0.25, -0.2) is 0 Å². The van der Waals surface area contributed by atoms with Crippen LogP contribution in [0, 0.1) is 23.2 Å². The highest BCUT2D eigenvalue weighted by molar-refractivity contribution is 5.81. The van der Waals surface area contributed by atoms with Crippen molar-refractivity contribution in [2.75, 3.05) is 98.9 Å². The Bertz CT molecular complexity index is 2370. The summed E-state index contributed by atoms with van der Waals surface area (Å²) >= 11 is 0. The van der Waals surface area contributed by atoms with E-state index in [-0.39, 0.29) is 170 Å². The Labute approximate surface area is 658 Å². The molecule has 3 amide bonds. The van der Waals surface area contributed by atoms with Gasteiger partial charge in [-0.3, -0.25) is 38.4 Å². The van der Waals surface area contributed by atoms with Crippen molar-refractivity contribution in [1.29, 1.82) is 0 Å². The fourth-order valence-electron chi connectivity index (χ4n) is 14.5. The number of hydrogen-bond donors (Lipinski definition) is 12. The van der Waals surface area contributed by atoms with Gasteiger partial charge in [0.05, 0.1) is 83.9 Å². The molecule has 0 saturated carbocycles. The summed E-state index contributed by atoms with van der Waals surface area (Å²) in [5.74, 6) is -1.78. The number of amides is 3. The number of nitrogens with zero attached hydrogens (tertiary/aromatic N) is 1. The molecular formula is C81H143N3O27. The lowest BCUT2D eigenvalue weighted by Crippen LogP contribution is -2.55. The third-order valence-electron chi connectivity index (χ3n) is 21.8. The summed E-state index contributed by atoms with van der Waals surface area (Å²) in [6.07, 6.45) is 6.74. The molecule has 4 rings (SSSR count). The minimum atomic E-state index is -1.23. The molecule has 4 aliphatic rings. The molecule has 0 aromatic rings. The number of ether oxygens (including phenoxy) is 9. The minimum Gasteiger partial charge on any atom is -0.394 e. The second-order valence-corrected chi connectivity index (χ2v) is 31.5. The molecular weight excluding hydrogens is 1450 g/mol. The Balaban J connectivity index is 1.26. The first-order chi connectivity index (χ1) is 53.4. The van der Waals surface area contributed by atoms with Gasteiger partial charge in [-0.1, -0.05) is 79.1 Å². The van der Waals surface area contributed by atoms with Gasteiger partial charge in [0.25, 0.3) is 0 Å². The molecule has 0 spiro atoms. The molecule has 30 heteroatoms. The number of unbranched alkanes of at least 4 members (excludes halogenated alkanes) is 14. The van der Waals surface area contributed by atoms with Crippen LogP contribution in [0.15, 0.2) is 0 Å². The number of nitrogens with one attached hydrogen (secondary N) is 2. The van der Waals surface area contributed by atoms with Crippen molar-refractivity contribution in [3.05, 3.63) is 0 Å². The highest BCUT2D eigenvalue weighted by Crippen LogP contribution is 2.32. The Kier molecular flexibility index (Phi) is 51.9. The van der Waals surface area contributed by atoms with E-state index >= 15 is 0 Å². The van der Waals surface area contributed by atoms with Crippen molar-refractivity contribution >= 4 is 46.6 Å². The third-order valence-corrected chi connectivity index (χ3v) is 21.8. The number of rotatable bonds is 66. The highest BCUT2D eigenvalue weighted by Gasteiger charge is 2.45. The van der Waals surface area contributed by atoms with Gasteiger partial charge in [-0.2, -0.15) is 0 Å². The standard InChI is InChI=1S/C81H143N3O27/c1-5-59-47-65(93)49-84(59)71(96)35-19-11-9-7-6-8-10-14-33-64(92)48-81(53-103-44-36-62(90)29-17-12-15-27-60(88)31-20-23-41-106-78-56(2)72(97)75(100)66(50-85)109-78,54-104-45-37-63(91)30-18-13-16-28-61(89)32-21-24-42-107-79-57(3)73(98)76(101)67(51-86)110-79)55-105-46-38-70(95)83-40-26-39-82-69(94)34-22-25-43-108-80-58(4)74(99)77(102)68(52-87)111-80/h56-59,65-68,72-80,85-87,93,97-102H,5-55H2,1-4H3,(H,82,94)(H,83,95)/t56?,57?,58?,59-,65-,66?,67?,68?,72?,73?,74?,75?,76?,77?,78?,79?,80?,81?/m1/s1. The Morgan fingerprint density at radius 1 is 0.378 bits per heavy atom. The third kappa shape index (κ3) is 39.7. The van der Waals surface area contributed by atoms with E-state index in [0.717, 1.165) is 51.4 Å².